The fourth-order valence-electron chi connectivity index (χ4n) is 1.83. The Bertz CT molecular complexity index is 726. The topological polar surface area (TPSA) is 72.2 Å². The van der Waals surface area contributed by atoms with Crippen LogP contribution in [0, 0.1) is 5.82 Å². The highest BCUT2D eigenvalue weighted by Gasteiger charge is 2.19. The van der Waals surface area contributed by atoms with Crippen LogP contribution >= 0.6 is 11.3 Å². The SMILES string of the molecule is CCc1ccc(CNS(=O)(=O)c2cc(CN)ccc2F)s1. The second-order valence-corrected chi connectivity index (χ2v) is 7.50. The Morgan fingerprint density at radius 2 is 1.95 bits per heavy atom. The molecule has 1 heterocycles. The highest BCUT2D eigenvalue weighted by atomic mass is 32.2. The summed E-state index contributed by atoms with van der Waals surface area (Å²) in [6, 6.07) is 7.70. The van der Waals surface area contributed by atoms with Gasteiger partial charge in [0.25, 0.3) is 0 Å². The number of nitrogens with two attached hydrogens (primary N) is 1. The lowest BCUT2D eigenvalue weighted by Crippen LogP contribution is -2.24. The van der Waals surface area contributed by atoms with Crippen LogP contribution in [0.25, 0.3) is 0 Å². The monoisotopic (exact) mass is 328 g/mol. The van der Waals surface area contributed by atoms with Crippen LogP contribution in [0.1, 0.15) is 22.2 Å². The Labute approximate surface area is 127 Å². The molecule has 0 aliphatic heterocycles. The average molecular weight is 328 g/mol. The predicted molar refractivity (Wildman–Crippen MR) is 82.0 cm³/mol. The molecule has 0 unspecified atom stereocenters. The summed E-state index contributed by atoms with van der Waals surface area (Å²) in [5.41, 5.74) is 6.03. The minimum atomic E-state index is -3.89. The van der Waals surface area contributed by atoms with Gasteiger partial charge in [-0.25, -0.2) is 17.5 Å². The Morgan fingerprint density at radius 1 is 1.24 bits per heavy atom. The van der Waals surface area contributed by atoms with E-state index in [1.54, 1.807) is 0 Å². The van der Waals surface area contributed by atoms with Crippen molar-refractivity contribution in [1.82, 2.24) is 4.72 Å². The highest BCUT2D eigenvalue weighted by molar-refractivity contribution is 7.89. The molecule has 0 amide bonds. The molecule has 0 radical (unpaired) electrons. The number of halogens is 1. The van der Waals surface area contributed by atoms with E-state index in [4.69, 9.17) is 5.73 Å². The smallest absolute Gasteiger partial charge is 0.243 e. The third kappa shape index (κ3) is 3.88. The van der Waals surface area contributed by atoms with E-state index in [-0.39, 0.29) is 18.0 Å². The number of aryl methyl sites for hydroxylation is 1. The normalized spacial score (nSPS) is 11.8. The zero-order valence-corrected chi connectivity index (χ0v) is 13.2. The summed E-state index contributed by atoms with van der Waals surface area (Å²) >= 11 is 1.54. The van der Waals surface area contributed by atoms with Gasteiger partial charge < -0.3 is 5.73 Å². The van der Waals surface area contributed by atoms with Crippen molar-refractivity contribution in [2.75, 3.05) is 0 Å². The molecule has 114 valence electrons. The van der Waals surface area contributed by atoms with Gasteiger partial charge in [-0.1, -0.05) is 13.0 Å². The van der Waals surface area contributed by atoms with E-state index in [9.17, 15) is 12.8 Å². The van der Waals surface area contributed by atoms with Gasteiger partial charge in [0.15, 0.2) is 0 Å². The number of rotatable bonds is 6. The molecule has 0 aliphatic carbocycles. The van der Waals surface area contributed by atoms with Gasteiger partial charge in [-0.05, 0) is 36.2 Å². The van der Waals surface area contributed by atoms with E-state index in [2.05, 4.69) is 4.72 Å². The summed E-state index contributed by atoms with van der Waals surface area (Å²) in [5, 5.41) is 0. The summed E-state index contributed by atoms with van der Waals surface area (Å²) in [6.45, 7) is 2.35. The number of sulfonamides is 1. The van der Waals surface area contributed by atoms with Crippen molar-refractivity contribution in [1.29, 1.82) is 0 Å². The molecule has 0 fully saturated rings. The Balaban J connectivity index is 2.18. The van der Waals surface area contributed by atoms with Crippen LogP contribution in [0.3, 0.4) is 0 Å². The number of benzene rings is 1. The molecule has 2 aromatic rings. The zero-order chi connectivity index (χ0) is 15.5. The molecule has 0 bridgehead atoms. The standard InChI is InChI=1S/C14H17FN2O2S2/c1-2-11-4-5-12(20-11)9-17-21(18,19)14-7-10(8-16)3-6-13(14)15/h3-7,17H,2,8-9,16H2,1H3. The molecule has 1 aromatic carbocycles. The first kappa shape index (κ1) is 16.1. The summed E-state index contributed by atoms with van der Waals surface area (Å²) in [6.07, 6.45) is 0.907. The van der Waals surface area contributed by atoms with E-state index in [0.29, 0.717) is 5.56 Å². The van der Waals surface area contributed by atoms with Gasteiger partial charge in [-0.3, -0.25) is 0 Å². The maximum Gasteiger partial charge on any atom is 0.243 e. The van der Waals surface area contributed by atoms with E-state index in [1.807, 2.05) is 19.1 Å². The van der Waals surface area contributed by atoms with Crippen LogP contribution in [0.2, 0.25) is 0 Å². The van der Waals surface area contributed by atoms with Crippen LogP contribution in [0.15, 0.2) is 35.2 Å². The number of hydrogen-bond acceptors (Lipinski definition) is 4. The predicted octanol–water partition coefficient (Wildman–Crippen LogP) is 2.39. The first-order valence-corrected chi connectivity index (χ1v) is 8.82. The minimum absolute atomic E-state index is 0.152. The molecule has 7 heteroatoms. The van der Waals surface area contributed by atoms with Gasteiger partial charge in [0.1, 0.15) is 10.7 Å². The van der Waals surface area contributed by atoms with Crippen LogP contribution < -0.4 is 10.5 Å². The first-order chi connectivity index (χ1) is 9.96. The third-order valence-electron chi connectivity index (χ3n) is 3.02. The van der Waals surface area contributed by atoms with Crippen molar-refractivity contribution < 1.29 is 12.8 Å². The van der Waals surface area contributed by atoms with E-state index in [1.165, 1.54) is 28.3 Å². The van der Waals surface area contributed by atoms with E-state index < -0.39 is 15.8 Å². The Hall–Kier alpha value is -1.28. The summed E-state index contributed by atoms with van der Waals surface area (Å²) in [5.74, 6) is -0.778. The van der Waals surface area contributed by atoms with Crippen LogP contribution in [-0.4, -0.2) is 8.42 Å². The maximum absolute atomic E-state index is 13.7. The van der Waals surface area contributed by atoms with Gasteiger partial charge in [-0.2, -0.15) is 0 Å². The molecule has 0 spiro atoms. The lowest BCUT2D eigenvalue weighted by Gasteiger charge is -2.08. The molecular formula is C14H17FN2O2S2. The summed E-state index contributed by atoms with van der Waals surface area (Å²) in [4.78, 5) is 1.71. The van der Waals surface area contributed by atoms with Crippen molar-refractivity contribution in [3.8, 4) is 0 Å². The van der Waals surface area contributed by atoms with Gasteiger partial charge in [-0.15, -0.1) is 11.3 Å². The van der Waals surface area contributed by atoms with Gasteiger partial charge in [0, 0.05) is 22.8 Å². The third-order valence-corrected chi connectivity index (χ3v) is 5.67. The molecule has 0 aliphatic rings. The van der Waals surface area contributed by atoms with E-state index >= 15 is 0 Å². The van der Waals surface area contributed by atoms with Crippen LogP contribution in [0.4, 0.5) is 4.39 Å². The van der Waals surface area contributed by atoms with Crippen molar-refractivity contribution >= 4 is 21.4 Å². The van der Waals surface area contributed by atoms with Gasteiger partial charge >= 0.3 is 0 Å². The molecule has 0 saturated carbocycles. The van der Waals surface area contributed by atoms with Crippen LogP contribution in [-0.2, 0) is 29.5 Å². The Morgan fingerprint density at radius 3 is 2.57 bits per heavy atom. The summed E-state index contributed by atoms with van der Waals surface area (Å²) in [7, 11) is -3.89. The summed E-state index contributed by atoms with van der Waals surface area (Å²) < 4.78 is 40.5. The maximum atomic E-state index is 13.7. The van der Waals surface area contributed by atoms with Gasteiger partial charge in [0.2, 0.25) is 10.0 Å². The van der Waals surface area contributed by atoms with Gasteiger partial charge in [0.05, 0.1) is 0 Å². The molecule has 2 rings (SSSR count). The largest absolute Gasteiger partial charge is 0.326 e. The zero-order valence-electron chi connectivity index (χ0n) is 11.6. The lowest BCUT2D eigenvalue weighted by molar-refractivity contribution is 0.556. The second kappa shape index (κ2) is 6.65. The number of nitrogens with one attached hydrogen (secondary N) is 1. The first-order valence-electron chi connectivity index (χ1n) is 6.52. The average Bonchev–Trinajstić information content (AvgIpc) is 2.94. The fourth-order valence-corrected chi connectivity index (χ4v) is 3.95. The molecule has 21 heavy (non-hydrogen) atoms. The second-order valence-electron chi connectivity index (χ2n) is 4.52. The van der Waals surface area contributed by atoms with Crippen LogP contribution in [0.5, 0.6) is 0 Å². The number of hydrogen-bond donors (Lipinski definition) is 2. The highest BCUT2D eigenvalue weighted by Crippen LogP contribution is 2.19. The Kier molecular flexibility index (Phi) is 5.10. The van der Waals surface area contributed by atoms with Crippen molar-refractivity contribution in [2.24, 2.45) is 5.73 Å². The lowest BCUT2D eigenvalue weighted by atomic mass is 10.2. The molecule has 4 nitrogen and oxygen atoms in total. The molecular weight excluding hydrogens is 311 g/mol. The number of thiophene rings is 1. The van der Waals surface area contributed by atoms with Crippen molar-refractivity contribution in [3.05, 3.63) is 51.5 Å². The van der Waals surface area contributed by atoms with Crippen molar-refractivity contribution in [3.63, 3.8) is 0 Å². The van der Waals surface area contributed by atoms with Crippen molar-refractivity contribution in [2.45, 2.75) is 31.3 Å². The minimum Gasteiger partial charge on any atom is -0.326 e. The molecule has 0 saturated heterocycles. The molecule has 1 aromatic heterocycles. The molecule has 0 atom stereocenters. The quantitative estimate of drug-likeness (QED) is 0.855. The van der Waals surface area contributed by atoms with E-state index in [0.717, 1.165) is 17.4 Å². The fraction of sp³-hybridized carbons (Fsp3) is 0.286. The molecule has 3 N–H and O–H groups in total.